The third kappa shape index (κ3) is 5.28. The Labute approximate surface area is 156 Å². The third-order valence-electron chi connectivity index (χ3n) is 4.44. The van der Waals surface area contributed by atoms with Crippen LogP contribution in [0.15, 0.2) is 84.2 Å². The number of nitrogens with zero attached hydrogens (tertiary/aromatic N) is 2. The summed E-state index contributed by atoms with van der Waals surface area (Å²) in [5, 5.41) is 4.48. The highest BCUT2D eigenvalue weighted by Gasteiger charge is 2.02. The van der Waals surface area contributed by atoms with Crippen LogP contribution in [0.1, 0.15) is 30.0 Å². The minimum atomic E-state index is 0.976. The lowest BCUT2D eigenvalue weighted by molar-refractivity contribution is -0.697. The van der Waals surface area contributed by atoms with E-state index >= 15 is 0 Å². The Morgan fingerprint density at radius 2 is 1.62 bits per heavy atom. The van der Waals surface area contributed by atoms with Gasteiger partial charge in [-0.3, -0.25) is 5.43 Å². The van der Waals surface area contributed by atoms with Crippen LogP contribution in [0.4, 0.5) is 5.69 Å². The highest BCUT2D eigenvalue weighted by Crippen LogP contribution is 2.07. The Kier molecular flexibility index (Phi) is 6.15. The number of hydrazone groups is 1. The van der Waals surface area contributed by atoms with Crippen LogP contribution < -0.4 is 9.99 Å². The molecule has 0 spiro atoms. The first-order chi connectivity index (χ1) is 12.7. The molecule has 0 atom stereocenters. The van der Waals surface area contributed by atoms with Crippen LogP contribution >= 0.6 is 0 Å². The standard InChI is InChI=1S/C23H25N3/c1-19-10-12-22(13-11-19)20(2)24-25-23-14-17-26(18-15-23)16-6-9-21-7-4-3-5-8-21/h3-5,7-8,10-15,17-18H,6,9,16H2,1-2H3/p+1/b24-20+. The molecule has 1 aromatic heterocycles. The lowest BCUT2D eigenvalue weighted by Gasteiger charge is -2.04. The normalized spacial score (nSPS) is 11.4. The second-order valence-electron chi connectivity index (χ2n) is 6.59. The zero-order valence-corrected chi connectivity index (χ0v) is 15.5. The molecule has 132 valence electrons. The Morgan fingerprint density at radius 3 is 2.31 bits per heavy atom. The number of hydrogen-bond acceptors (Lipinski definition) is 2. The molecule has 26 heavy (non-hydrogen) atoms. The Balaban J connectivity index is 1.51. The molecule has 0 aliphatic rings. The van der Waals surface area contributed by atoms with Gasteiger partial charge in [-0.2, -0.15) is 5.10 Å². The van der Waals surface area contributed by atoms with Crippen LogP contribution in [0.5, 0.6) is 0 Å². The van der Waals surface area contributed by atoms with Crippen molar-refractivity contribution in [3.8, 4) is 0 Å². The summed E-state index contributed by atoms with van der Waals surface area (Å²) >= 11 is 0. The molecule has 0 aliphatic carbocycles. The fraction of sp³-hybridized carbons (Fsp3) is 0.217. The summed E-state index contributed by atoms with van der Waals surface area (Å²) in [6.45, 7) is 5.12. The molecule has 3 heteroatoms. The van der Waals surface area contributed by atoms with E-state index in [2.05, 4.69) is 101 Å². The number of rotatable bonds is 7. The zero-order chi connectivity index (χ0) is 18.2. The second kappa shape index (κ2) is 8.95. The van der Waals surface area contributed by atoms with E-state index in [1.165, 1.54) is 11.1 Å². The van der Waals surface area contributed by atoms with Gasteiger partial charge in [0.25, 0.3) is 0 Å². The molecule has 1 heterocycles. The third-order valence-corrected chi connectivity index (χ3v) is 4.44. The lowest BCUT2D eigenvalue weighted by atomic mass is 10.1. The Bertz CT molecular complexity index is 835. The summed E-state index contributed by atoms with van der Waals surface area (Å²) in [6.07, 6.45) is 6.44. The first-order valence-corrected chi connectivity index (χ1v) is 9.11. The largest absolute Gasteiger partial charge is 0.278 e. The highest BCUT2D eigenvalue weighted by molar-refractivity contribution is 5.99. The molecule has 1 N–H and O–H groups in total. The molecule has 3 aromatic rings. The summed E-state index contributed by atoms with van der Waals surface area (Å²) in [5.74, 6) is 0. The maximum Gasteiger partial charge on any atom is 0.170 e. The predicted octanol–water partition coefficient (Wildman–Crippen LogP) is 4.75. The van der Waals surface area contributed by atoms with Crippen molar-refractivity contribution in [1.29, 1.82) is 0 Å². The van der Waals surface area contributed by atoms with Crippen molar-refractivity contribution in [3.63, 3.8) is 0 Å². The van der Waals surface area contributed by atoms with Crippen molar-refractivity contribution >= 4 is 11.4 Å². The van der Waals surface area contributed by atoms with Gasteiger partial charge in [0.05, 0.1) is 11.4 Å². The number of aryl methyl sites for hydroxylation is 3. The van der Waals surface area contributed by atoms with Crippen LogP contribution in [0, 0.1) is 6.92 Å². The van der Waals surface area contributed by atoms with Gasteiger partial charge in [0.15, 0.2) is 12.4 Å². The van der Waals surface area contributed by atoms with Crippen molar-refractivity contribution < 1.29 is 4.57 Å². The van der Waals surface area contributed by atoms with E-state index in [1.54, 1.807) is 0 Å². The maximum absolute atomic E-state index is 4.48. The van der Waals surface area contributed by atoms with Crippen molar-refractivity contribution in [1.82, 2.24) is 0 Å². The Hall–Kier alpha value is -2.94. The molecule has 2 aromatic carbocycles. The smallest absolute Gasteiger partial charge is 0.170 e. The molecule has 3 rings (SSSR count). The summed E-state index contributed by atoms with van der Waals surface area (Å²) in [4.78, 5) is 0. The lowest BCUT2D eigenvalue weighted by Crippen LogP contribution is -2.32. The Morgan fingerprint density at radius 1 is 0.923 bits per heavy atom. The van der Waals surface area contributed by atoms with Gasteiger partial charge in [0.2, 0.25) is 0 Å². The van der Waals surface area contributed by atoms with Gasteiger partial charge in [-0.15, -0.1) is 0 Å². The van der Waals surface area contributed by atoms with Crippen LogP contribution in [0.2, 0.25) is 0 Å². The minimum Gasteiger partial charge on any atom is -0.278 e. The molecule has 0 unspecified atom stereocenters. The van der Waals surface area contributed by atoms with E-state index < -0.39 is 0 Å². The van der Waals surface area contributed by atoms with Crippen LogP contribution in [-0.2, 0) is 13.0 Å². The van der Waals surface area contributed by atoms with E-state index in [1.807, 2.05) is 6.92 Å². The molecule has 3 nitrogen and oxygen atoms in total. The van der Waals surface area contributed by atoms with E-state index in [0.29, 0.717) is 0 Å². The summed E-state index contributed by atoms with van der Waals surface area (Å²) in [7, 11) is 0. The minimum absolute atomic E-state index is 0.976. The number of hydrogen-bond donors (Lipinski definition) is 1. The summed E-state index contributed by atoms with van der Waals surface area (Å²) in [5.41, 5.74) is 8.90. The zero-order valence-electron chi connectivity index (χ0n) is 15.5. The number of nitrogens with one attached hydrogen (secondary N) is 1. The van der Waals surface area contributed by atoms with Gasteiger partial charge in [-0.1, -0.05) is 60.2 Å². The monoisotopic (exact) mass is 344 g/mol. The molecule has 0 fully saturated rings. The van der Waals surface area contributed by atoms with Gasteiger partial charge >= 0.3 is 0 Å². The van der Waals surface area contributed by atoms with Crippen LogP contribution in [0.3, 0.4) is 0 Å². The first kappa shape index (κ1) is 17.9. The van der Waals surface area contributed by atoms with Gasteiger partial charge in [0, 0.05) is 18.6 Å². The fourth-order valence-electron chi connectivity index (χ4n) is 2.80. The number of benzene rings is 2. The van der Waals surface area contributed by atoms with Crippen molar-refractivity contribution in [2.75, 3.05) is 5.43 Å². The average molecular weight is 344 g/mol. The van der Waals surface area contributed by atoms with Gasteiger partial charge in [-0.05, 0) is 31.4 Å². The van der Waals surface area contributed by atoms with Gasteiger partial charge < -0.3 is 0 Å². The molecule has 0 radical (unpaired) electrons. The van der Waals surface area contributed by atoms with Crippen molar-refractivity contribution in [3.05, 3.63) is 95.8 Å². The van der Waals surface area contributed by atoms with E-state index in [0.717, 1.165) is 36.3 Å². The number of aromatic nitrogens is 1. The first-order valence-electron chi connectivity index (χ1n) is 9.11. The van der Waals surface area contributed by atoms with Crippen molar-refractivity contribution in [2.45, 2.75) is 33.2 Å². The molecule has 0 aliphatic heterocycles. The molecular weight excluding hydrogens is 318 g/mol. The number of anilines is 1. The molecule has 0 saturated carbocycles. The van der Waals surface area contributed by atoms with Crippen LogP contribution in [0.25, 0.3) is 0 Å². The molecule has 0 bridgehead atoms. The molecular formula is C23H26N3+. The topological polar surface area (TPSA) is 28.3 Å². The quantitative estimate of drug-likeness (QED) is 0.374. The van der Waals surface area contributed by atoms with Crippen molar-refractivity contribution in [2.24, 2.45) is 5.10 Å². The fourth-order valence-corrected chi connectivity index (χ4v) is 2.80. The highest BCUT2D eigenvalue weighted by atomic mass is 15.3. The maximum atomic E-state index is 4.48. The van der Waals surface area contributed by atoms with Gasteiger partial charge in [-0.25, -0.2) is 4.57 Å². The second-order valence-corrected chi connectivity index (χ2v) is 6.59. The van der Waals surface area contributed by atoms with Gasteiger partial charge in [0.1, 0.15) is 6.54 Å². The molecule has 0 saturated heterocycles. The predicted molar refractivity (Wildman–Crippen MR) is 108 cm³/mol. The summed E-state index contributed by atoms with van der Waals surface area (Å²) in [6, 6.07) is 23.2. The number of pyridine rings is 1. The van der Waals surface area contributed by atoms with Crippen LogP contribution in [-0.4, -0.2) is 5.71 Å². The van der Waals surface area contributed by atoms with E-state index in [4.69, 9.17) is 0 Å². The average Bonchev–Trinajstić information content (AvgIpc) is 2.68. The van der Waals surface area contributed by atoms with E-state index in [9.17, 15) is 0 Å². The summed E-state index contributed by atoms with van der Waals surface area (Å²) < 4.78 is 2.21. The molecule has 0 amide bonds. The van der Waals surface area contributed by atoms with E-state index in [-0.39, 0.29) is 0 Å². The SMILES string of the molecule is C/C(=N\Nc1cc[n+](CCCc2ccccc2)cc1)c1ccc(C)cc1.